The Kier molecular flexibility index (Phi) is 6.26. The Balaban J connectivity index is 0.000000671. The van der Waals surface area contributed by atoms with Crippen LogP contribution in [0.15, 0.2) is 18.2 Å². The van der Waals surface area contributed by atoms with Gasteiger partial charge >= 0.3 is 0 Å². The van der Waals surface area contributed by atoms with E-state index in [1.165, 1.54) is 0 Å². The van der Waals surface area contributed by atoms with Crippen LogP contribution in [-0.2, 0) is 5.33 Å². The Hall–Kier alpha value is -0.810. The fourth-order valence-electron chi connectivity index (χ4n) is 0.911. The van der Waals surface area contributed by atoms with Crippen LogP contribution >= 0.6 is 15.9 Å². The maximum Gasteiger partial charge on any atom is 0.0994 e. The summed E-state index contributed by atoms with van der Waals surface area (Å²) in [6.45, 7) is 5.98. The van der Waals surface area contributed by atoms with Gasteiger partial charge in [0, 0.05) is 5.33 Å². The topological polar surface area (TPSA) is 23.8 Å². The first-order valence-corrected chi connectivity index (χ1v) is 5.45. The lowest BCUT2D eigenvalue weighted by Gasteiger charge is -1.99. The summed E-state index contributed by atoms with van der Waals surface area (Å²) in [5.41, 5.74) is 2.95. The summed E-state index contributed by atoms with van der Waals surface area (Å²) in [5, 5.41) is 9.45. The number of nitrogens with zero attached hydrogens (tertiary/aromatic N) is 1. The molecule has 0 saturated carbocycles. The molecule has 0 spiro atoms. The molecule has 0 aliphatic carbocycles. The minimum atomic E-state index is 0.746. The van der Waals surface area contributed by atoms with Crippen LogP contribution in [0.1, 0.15) is 30.5 Å². The summed E-state index contributed by atoms with van der Waals surface area (Å²) >= 11 is 3.32. The predicted octanol–water partition coefficient (Wildman–Crippen LogP) is 3.79. The number of nitriles is 1. The Labute approximate surface area is 88.5 Å². The maximum atomic E-state index is 8.70. The molecule has 0 bridgehead atoms. The average molecular weight is 240 g/mol. The first-order chi connectivity index (χ1) is 6.27. The van der Waals surface area contributed by atoms with Crippen molar-refractivity contribution in [3.8, 4) is 6.07 Å². The smallest absolute Gasteiger partial charge is 0.0994 e. The van der Waals surface area contributed by atoms with E-state index in [-0.39, 0.29) is 0 Å². The lowest BCUT2D eigenvalue weighted by molar-refractivity contribution is 1.33. The maximum absolute atomic E-state index is 8.70. The van der Waals surface area contributed by atoms with Gasteiger partial charge in [-0.05, 0) is 24.1 Å². The van der Waals surface area contributed by atoms with Crippen LogP contribution in [0.25, 0.3) is 0 Å². The van der Waals surface area contributed by atoms with E-state index < -0.39 is 0 Å². The molecule has 0 amide bonds. The normalized spacial score (nSPS) is 8.23. The molecule has 1 rings (SSSR count). The van der Waals surface area contributed by atoms with E-state index in [4.69, 9.17) is 5.26 Å². The Morgan fingerprint density at radius 2 is 2.00 bits per heavy atom. The summed E-state index contributed by atoms with van der Waals surface area (Å²) in [6.07, 6.45) is 0. The van der Waals surface area contributed by atoms with E-state index in [2.05, 4.69) is 22.0 Å². The first-order valence-electron chi connectivity index (χ1n) is 4.33. The molecule has 0 fully saturated rings. The number of benzene rings is 1. The molecule has 1 nitrogen and oxygen atoms in total. The van der Waals surface area contributed by atoms with Crippen molar-refractivity contribution >= 4 is 15.9 Å². The van der Waals surface area contributed by atoms with Crippen LogP contribution in [0.5, 0.6) is 0 Å². The fourth-order valence-corrected chi connectivity index (χ4v) is 1.40. The van der Waals surface area contributed by atoms with E-state index >= 15 is 0 Å². The van der Waals surface area contributed by atoms with Gasteiger partial charge in [-0.15, -0.1) is 0 Å². The van der Waals surface area contributed by atoms with Crippen LogP contribution < -0.4 is 0 Å². The van der Waals surface area contributed by atoms with Gasteiger partial charge in [0.05, 0.1) is 11.6 Å². The second-order valence-corrected chi connectivity index (χ2v) is 2.97. The van der Waals surface area contributed by atoms with Crippen molar-refractivity contribution in [1.29, 1.82) is 5.26 Å². The van der Waals surface area contributed by atoms with Gasteiger partial charge in [-0.2, -0.15) is 5.26 Å². The number of alkyl halides is 1. The van der Waals surface area contributed by atoms with Gasteiger partial charge in [0.25, 0.3) is 0 Å². The molecule has 0 radical (unpaired) electrons. The van der Waals surface area contributed by atoms with E-state index in [0.29, 0.717) is 0 Å². The van der Waals surface area contributed by atoms with Crippen molar-refractivity contribution in [3.63, 3.8) is 0 Å². The standard InChI is InChI=1S/C9H8BrN.C2H6/c1-7-2-3-8(5-10)9(4-7)6-11;1-2/h2-4H,5H2,1H3;1-2H3. The molecular weight excluding hydrogens is 226 g/mol. The minimum absolute atomic E-state index is 0.746. The highest BCUT2D eigenvalue weighted by atomic mass is 79.9. The molecule has 0 N–H and O–H groups in total. The van der Waals surface area contributed by atoms with Crippen LogP contribution in [0.4, 0.5) is 0 Å². The van der Waals surface area contributed by atoms with Crippen molar-refractivity contribution in [1.82, 2.24) is 0 Å². The van der Waals surface area contributed by atoms with Gasteiger partial charge in [-0.1, -0.05) is 41.9 Å². The molecule has 13 heavy (non-hydrogen) atoms. The van der Waals surface area contributed by atoms with Crippen molar-refractivity contribution in [2.24, 2.45) is 0 Å². The number of halogens is 1. The molecule has 0 aliphatic heterocycles. The van der Waals surface area contributed by atoms with E-state index in [1.54, 1.807) is 0 Å². The van der Waals surface area contributed by atoms with Gasteiger partial charge in [0.1, 0.15) is 0 Å². The quantitative estimate of drug-likeness (QED) is 0.685. The summed E-state index contributed by atoms with van der Waals surface area (Å²) in [7, 11) is 0. The highest BCUT2D eigenvalue weighted by molar-refractivity contribution is 9.08. The van der Waals surface area contributed by atoms with Crippen LogP contribution in [-0.4, -0.2) is 0 Å². The van der Waals surface area contributed by atoms with Gasteiger partial charge in [0.15, 0.2) is 0 Å². The SMILES string of the molecule is CC.Cc1ccc(CBr)c(C#N)c1. The summed E-state index contributed by atoms with van der Waals surface area (Å²) in [4.78, 5) is 0. The Morgan fingerprint density at radius 3 is 2.46 bits per heavy atom. The second-order valence-electron chi connectivity index (χ2n) is 2.41. The molecule has 2 heteroatoms. The van der Waals surface area contributed by atoms with E-state index in [0.717, 1.165) is 22.0 Å². The highest BCUT2D eigenvalue weighted by Gasteiger charge is 1.98. The van der Waals surface area contributed by atoms with Crippen LogP contribution in [0.2, 0.25) is 0 Å². The van der Waals surface area contributed by atoms with Gasteiger partial charge < -0.3 is 0 Å². The molecule has 1 aromatic carbocycles. The number of hydrogen-bond acceptors (Lipinski definition) is 1. The summed E-state index contributed by atoms with van der Waals surface area (Å²) in [5.74, 6) is 0. The van der Waals surface area contributed by atoms with Gasteiger partial charge in [0.2, 0.25) is 0 Å². The number of rotatable bonds is 1. The monoisotopic (exact) mass is 239 g/mol. The molecular formula is C11H14BrN. The van der Waals surface area contributed by atoms with Crippen molar-refractivity contribution in [2.75, 3.05) is 0 Å². The predicted molar refractivity (Wildman–Crippen MR) is 59.9 cm³/mol. The highest BCUT2D eigenvalue weighted by Crippen LogP contribution is 2.13. The van der Waals surface area contributed by atoms with Crippen LogP contribution in [0.3, 0.4) is 0 Å². The lowest BCUT2D eigenvalue weighted by Crippen LogP contribution is -1.85. The molecule has 0 aliphatic rings. The average Bonchev–Trinajstić information content (AvgIpc) is 2.20. The molecule has 0 atom stereocenters. The minimum Gasteiger partial charge on any atom is -0.192 e. The van der Waals surface area contributed by atoms with Crippen LogP contribution in [0, 0.1) is 18.3 Å². The number of aryl methyl sites for hydroxylation is 1. The van der Waals surface area contributed by atoms with E-state index in [9.17, 15) is 0 Å². The molecule has 1 aromatic rings. The van der Waals surface area contributed by atoms with Crippen molar-refractivity contribution in [3.05, 3.63) is 34.9 Å². The Morgan fingerprint density at radius 1 is 1.38 bits per heavy atom. The van der Waals surface area contributed by atoms with Crippen molar-refractivity contribution in [2.45, 2.75) is 26.1 Å². The zero-order chi connectivity index (χ0) is 10.3. The third-order valence-electron chi connectivity index (χ3n) is 1.53. The number of hydrogen-bond donors (Lipinski definition) is 0. The molecule has 0 unspecified atom stereocenters. The summed E-state index contributed by atoms with van der Waals surface area (Å²) in [6, 6.07) is 8.04. The fraction of sp³-hybridized carbons (Fsp3) is 0.364. The largest absolute Gasteiger partial charge is 0.192 e. The molecule has 0 saturated heterocycles. The third-order valence-corrected chi connectivity index (χ3v) is 2.13. The van der Waals surface area contributed by atoms with Gasteiger partial charge in [-0.3, -0.25) is 0 Å². The lowest BCUT2D eigenvalue weighted by atomic mass is 10.1. The van der Waals surface area contributed by atoms with Gasteiger partial charge in [-0.25, -0.2) is 0 Å². The second kappa shape index (κ2) is 6.68. The zero-order valence-electron chi connectivity index (χ0n) is 8.26. The van der Waals surface area contributed by atoms with Crippen molar-refractivity contribution < 1.29 is 0 Å². The Bertz CT molecular complexity index is 299. The molecule has 0 aromatic heterocycles. The molecule has 0 heterocycles. The third kappa shape index (κ3) is 3.61. The first kappa shape index (κ1) is 12.2. The molecule has 70 valence electrons. The van der Waals surface area contributed by atoms with E-state index in [1.807, 2.05) is 39.0 Å². The summed E-state index contributed by atoms with van der Waals surface area (Å²) < 4.78 is 0. The zero-order valence-corrected chi connectivity index (χ0v) is 9.85.